The number of rotatable bonds is 8. The molecule has 5 N–H and O–H groups in total. The Morgan fingerprint density at radius 1 is 0.929 bits per heavy atom. The number of nitrogens with two attached hydrogens (primary N) is 2. The Bertz CT molecular complexity index is 924. The van der Waals surface area contributed by atoms with Crippen molar-refractivity contribution in [1.29, 1.82) is 0 Å². The van der Waals surface area contributed by atoms with E-state index in [1.54, 1.807) is 0 Å². The molecule has 0 unspecified atom stereocenters. The van der Waals surface area contributed by atoms with Crippen molar-refractivity contribution in [2.24, 2.45) is 5.92 Å². The van der Waals surface area contributed by atoms with Crippen molar-refractivity contribution in [2.75, 3.05) is 23.3 Å². The molecule has 6 nitrogen and oxygen atoms in total. The summed E-state index contributed by atoms with van der Waals surface area (Å²) in [5, 5.41) is 3.47. The van der Waals surface area contributed by atoms with Gasteiger partial charge in [0.1, 0.15) is 5.82 Å². The standard InChI is InChI=1S/C22H25N5O/c23-21-20(17-8-10-18(11-9-17)25-12-15-6-7-15)19(26-22(24)27-21)14-28-13-16-4-2-1-3-5-16/h1-5,8-11,15,25H,6-7,12-14H2,(H4,23,24,26,27). The number of nitrogens with one attached hydrogen (secondary N) is 1. The number of nitrogen functional groups attached to an aromatic ring is 2. The van der Waals surface area contributed by atoms with Gasteiger partial charge >= 0.3 is 0 Å². The Balaban J connectivity index is 1.50. The predicted molar refractivity (Wildman–Crippen MR) is 112 cm³/mol. The lowest BCUT2D eigenvalue weighted by Crippen LogP contribution is -2.08. The molecule has 0 amide bonds. The molecule has 0 aliphatic heterocycles. The van der Waals surface area contributed by atoms with Gasteiger partial charge in [0.15, 0.2) is 0 Å². The topological polar surface area (TPSA) is 99.1 Å². The van der Waals surface area contributed by atoms with Crippen molar-refractivity contribution in [3.05, 3.63) is 65.9 Å². The number of aromatic nitrogens is 2. The summed E-state index contributed by atoms with van der Waals surface area (Å²) >= 11 is 0. The van der Waals surface area contributed by atoms with Crippen LogP contribution in [0.2, 0.25) is 0 Å². The maximum absolute atomic E-state index is 6.18. The van der Waals surface area contributed by atoms with Crippen molar-refractivity contribution < 1.29 is 4.74 Å². The van der Waals surface area contributed by atoms with E-state index in [4.69, 9.17) is 16.2 Å². The van der Waals surface area contributed by atoms with E-state index in [2.05, 4.69) is 27.4 Å². The second kappa shape index (κ2) is 8.27. The van der Waals surface area contributed by atoms with E-state index in [9.17, 15) is 0 Å². The number of benzene rings is 2. The second-order valence-corrected chi connectivity index (χ2v) is 7.17. The molecule has 1 aliphatic carbocycles. The van der Waals surface area contributed by atoms with Crippen LogP contribution in [0.5, 0.6) is 0 Å². The number of hydrogen-bond donors (Lipinski definition) is 3. The smallest absolute Gasteiger partial charge is 0.222 e. The Morgan fingerprint density at radius 2 is 1.68 bits per heavy atom. The van der Waals surface area contributed by atoms with Crippen LogP contribution in [0.15, 0.2) is 54.6 Å². The number of hydrogen-bond acceptors (Lipinski definition) is 6. The van der Waals surface area contributed by atoms with Gasteiger partial charge in [0.05, 0.1) is 18.9 Å². The first kappa shape index (κ1) is 18.3. The molecule has 3 aromatic rings. The van der Waals surface area contributed by atoms with E-state index < -0.39 is 0 Å². The molecule has 0 spiro atoms. The van der Waals surface area contributed by atoms with Crippen LogP contribution in [0.1, 0.15) is 24.1 Å². The van der Waals surface area contributed by atoms with Crippen LogP contribution in [0.4, 0.5) is 17.5 Å². The lowest BCUT2D eigenvalue weighted by Gasteiger charge is -2.13. The van der Waals surface area contributed by atoms with Gasteiger partial charge in [-0.2, -0.15) is 4.98 Å². The third-order valence-electron chi connectivity index (χ3n) is 4.84. The molecule has 0 bridgehead atoms. The van der Waals surface area contributed by atoms with Crippen molar-refractivity contribution in [2.45, 2.75) is 26.1 Å². The van der Waals surface area contributed by atoms with Crippen LogP contribution in [0.25, 0.3) is 11.1 Å². The van der Waals surface area contributed by atoms with E-state index in [-0.39, 0.29) is 5.95 Å². The molecule has 0 saturated heterocycles. The molecule has 4 rings (SSSR count). The van der Waals surface area contributed by atoms with E-state index in [1.807, 2.05) is 42.5 Å². The highest BCUT2D eigenvalue weighted by molar-refractivity contribution is 5.77. The van der Waals surface area contributed by atoms with E-state index in [0.29, 0.717) is 24.7 Å². The highest BCUT2D eigenvalue weighted by Gasteiger charge is 2.20. The molecule has 1 fully saturated rings. The molecule has 1 saturated carbocycles. The SMILES string of the molecule is Nc1nc(N)c(-c2ccc(NCC3CC3)cc2)c(COCc2ccccc2)n1. The first-order valence-electron chi connectivity index (χ1n) is 9.57. The van der Waals surface area contributed by atoms with E-state index in [0.717, 1.165) is 34.8 Å². The highest BCUT2D eigenvalue weighted by Crippen LogP contribution is 2.31. The van der Waals surface area contributed by atoms with Gasteiger partial charge < -0.3 is 21.5 Å². The Labute approximate surface area is 165 Å². The summed E-state index contributed by atoms with van der Waals surface area (Å²) in [6.07, 6.45) is 2.66. The number of nitrogens with zero attached hydrogens (tertiary/aromatic N) is 2. The summed E-state index contributed by atoms with van der Waals surface area (Å²) in [5.41, 5.74) is 16.6. The van der Waals surface area contributed by atoms with Crippen molar-refractivity contribution >= 4 is 17.5 Å². The van der Waals surface area contributed by atoms with Crippen molar-refractivity contribution in [3.63, 3.8) is 0 Å². The van der Waals surface area contributed by atoms with Gasteiger partial charge in [0.25, 0.3) is 0 Å². The lowest BCUT2D eigenvalue weighted by molar-refractivity contribution is 0.105. The van der Waals surface area contributed by atoms with Crippen LogP contribution in [-0.2, 0) is 18.0 Å². The maximum atomic E-state index is 6.18. The molecule has 2 aromatic carbocycles. The van der Waals surface area contributed by atoms with Crippen LogP contribution in [0, 0.1) is 5.92 Å². The molecule has 6 heteroatoms. The largest absolute Gasteiger partial charge is 0.385 e. The first-order chi connectivity index (χ1) is 13.7. The molecule has 1 aliphatic rings. The number of anilines is 3. The Kier molecular flexibility index (Phi) is 5.39. The molecule has 144 valence electrons. The van der Waals surface area contributed by atoms with Gasteiger partial charge in [0.2, 0.25) is 5.95 Å². The summed E-state index contributed by atoms with van der Waals surface area (Å²) in [7, 11) is 0. The molecule has 1 aromatic heterocycles. The van der Waals surface area contributed by atoms with Crippen LogP contribution >= 0.6 is 0 Å². The zero-order valence-corrected chi connectivity index (χ0v) is 15.8. The fraction of sp³-hybridized carbons (Fsp3) is 0.273. The highest BCUT2D eigenvalue weighted by atomic mass is 16.5. The normalized spacial score (nSPS) is 13.4. The minimum Gasteiger partial charge on any atom is -0.385 e. The monoisotopic (exact) mass is 375 g/mol. The predicted octanol–water partition coefficient (Wildman–Crippen LogP) is 3.85. The summed E-state index contributed by atoms with van der Waals surface area (Å²) in [6.45, 7) is 1.84. The van der Waals surface area contributed by atoms with Gasteiger partial charge in [-0.1, -0.05) is 42.5 Å². The zero-order chi connectivity index (χ0) is 19.3. The van der Waals surface area contributed by atoms with Gasteiger partial charge in [0, 0.05) is 17.8 Å². The van der Waals surface area contributed by atoms with Crippen LogP contribution in [-0.4, -0.2) is 16.5 Å². The van der Waals surface area contributed by atoms with Gasteiger partial charge in [-0.3, -0.25) is 0 Å². The van der Waals surface area contributed by atoms with Gasteiger partial charge in [-0.05, 0) is 42.0 Å². The quantitative estimate of drug-likeness (QED) is 0.553. The van der Waals surface area contributed by atoms with Crippen LogP contribution < -0.4 is 16.8 Å². The number of ether oxygens (including phenoxy) is 1. The molecule has 0 atom stereocenters. The van der Waals surface area contributed by atoms with Crippen molar-refractivity contribution in [1.82, 2.24) is 9.97 Å². The Hall–Kier alpha value is -3.12. The summed E-state index contributed by atoms with van der Waals surface area (Å²) in [5.74, 6) is 1.35. The minimum absolute atomic E-state index is 0.155. The molecule has 1 heterocycles. The lowest BCUT2D eigenvalue weighted by atomic mass is 10.0. The van der Waals surface area contributed by atoms with Crippen molar-refractivity contribution in [3.8, 4) is 11.1 Å². The summed E-state index contributed by atoms with van der Waals surface area (Å²) < 4.78 is 5.86. The fourth-order valence-corrected chi connectivity index (χ4v) is 3.14. The maximum Gasteiger partial charge on any atom is 0.222 e. The average molecular weight is 375 g/mol. The molecular formula is C22H25N5O. The third kappa shape index (κ3) is 4.58. The molecule has 0 radical (unpaired) electrons. The van der Waals surface area contributed by atoms with E-state index >= 15 is 0 Å². The minimum atomic E-state index is 0.155. The molecular weight excluding hydrogens is 350 g/mol. The fourth-order valence-electron chi connectivity index (χ4n) is 3.14. The van der Waals surface area contributed by atoms with Gasteiger partial charge in [-0.15, -0.1) is 0 Å². The Morgan fingerprint density at radius 3 is 2.39 bits per heavy atom. The zero-order valence-electron chi connectivity index (χ0n) is 15.8. The summed E-state index contributed by atoms with van der Waals surface area (Å²) in [4.78, 5) is 8.52. The second-order valence-electron chi connectivity index (χ2n) is 7.17. The molecule has 28 heavy (non-hydrogen) atoms. The third-order valence-corrected chi connectivity index (χ3v) is 4.84. The van der Waals surface area contributed by atoms with Gasteiger partial charge in [-0.25, -0.2) is 4.98 Å². The van der Waals surface area contributed by atoms with Crippen LogP contribution in [0.3, 0.4) is 0 Å². The average Bonchev–Trinajstić information content (AvgIpc) is 3.52. The first-order valence-corrected chi connectivity index (χ1v) is 9.57. The summed E-state index contributed by atoms with van der Waals surface area (Å²) in [6, 6.07) is 18.2. The van der Waals surface area contributed by atoms with E-state index in [1.165, 1.54) is 12.8 Å².